The van der Waals surface area contributed by atoms with Crippen molar-refractivity contribution >= 4 is 0 Å². The summed E-state index contributed by atoms with van der Waals surface area (Å²) in [6, 6.07) is -0.861. The summed E-state index contributed by atoms with van der Waals surface area (Å²) in [5, 5.41) is 28.1. The number of rotatable bonds is 2. The molecule has 1 rings (SSSR count). The summed E-state index contributed by atoms with van der Waals surface area (Å²) in [6.45, 7) is -0.285. The summed E-state index contributed by atoms with van der Waals surface area (Å²) in [4.78, 5) is 9.78. The van der Waals surface area contributed by atoms with Crippen LogP contribution < -0.4 is 0 Å². The molecule has 12 heavy (non-hydrogen) atoms. The average molecular weight is 171 g/mol. The van der Waals surface area contributed by atoms with Gasteiger partial charge in [-0.25, -0.2) is 0 Å². The Bertz CT molecular complexity index is 256. The van der Waals surface area contributed by atoms with Crippen molar-refractivity contribution in [2.24, 2.45) is 0 Å². The fourth-order valence-electron chi connectivity index (χ4n) is 1.01. The Morgan fingerprint density at radius 1 is 1.75 bits per heavy atom. The summed E-state index contributed by atoms with van der Waals surface area (Å²) >= 11 is 0. The zero-order valence-electron chi connectivity index (χ0n) is 6.30. The third-order valence-corrected chi connectivity index (χ3v) is 1.73. The maximum absolute atomic E-state index is 10.3. The molecule has 1 aliphatic carbocycles. The molecule has 0 saturated carbocycles. The van der Waals surface area contributed by atoms with E-state index in [1.54, 1.807) is 0 Å². The van der Waals surface area contributed by atoms with Gasteiger partial charge in [0.25, 0.3) is 0 Å². The number of aliphatic hydroxyl groups excluding tert-OH is 2. The van der Waals surface area contributed by atoms with Gasteiger partial charge in [-0.2, -0.15) is 0 Å². The van der Waals surface area contributed by atoms with E-state index in [-0.39, 0.29) is 18.8 Å². The largest absolute Gasteiger partial charge is 0.512 e. The highest BCUT2D eigenvalue weighted by Gasteiger charge is 2.23. The molecule has 0 aliphatic heterocycles. The first-order valence-corrected chi connectivity index (χ1v) is 3.48. The van der Waals surface area contributed by atoms with Crippen LogP contribution in [0.4, 0.5) is 0 Å². The average Bonchev–Trinajstić information content (AvgIpc) is 2.04. The molecule has 0 fully saturated rings. The maximum Gasteiger partial charge on any atom is 0.238 e. The van der Waals surface area contributed by atoms with Gasteiger partial charge in [-0.15, -0.1) is 0 Å². The van der Waals surface area contributed by atoms with Crippen LogP contribution in [-0.4, -0.2) is 27.8 Å². The maximum atomic E-state index is 10.3. The molecule has 1 aliphatic rings. The number of nitro groups is 1. The molecule has 0 heterocycles. The van der Waals surface area contributed by atoms with Gasteiger partial charge >= 0.3 is 0 Å². The summed E-state index contributed by atoms with van der Waals surface area (Å²) < 4.78 is 0. The van der Waals surface area contributed by atoms with Crippen molar-refractivity contribution in [3.63, 3.8) is 0 Å². The Morgan fingerprint density at radius 3 is 2.83 bits per heavy atom. The molecule has 0 radical (unpaired) electrons. The molecule has 0 saturated heterocycles. The molecular weight excluding hydrogens is 162 g/mol. The lowest BCUT2D eigenvalue weighted by molar-refractivity contribution is -0.509. The van der Waals surface area contributed by atoms with Gasteiger partial charge in [-0.3, -0.25) is 10.1 Å². The Morgan fingerprint density at radius 2 is 2.42 bits per heavy atom. The summed E-state index contributed by atoms with van der Waals surface area (Å²) in [5.41, 5.74) is 0.355. The van der Waals surface area contributed by atoms with Crippen LogP contribution in [-0.2, 0) is 0 Å². The molecule has 0 spiro atoms. The summed E-state index contributed by atoms with van der Waals surface area (Å²) in [5.74, 6) is -0.0956. The predicted molar refractivity (Wildman–Crippen MR) is 41.3 cm³/mol. The van der Waals surface area contributed by atoms with E-state index in [4.69, 9.17) is 10.2 Å². The van der Waals surface area contributed by atoms with Gasteiger partial charge in [-0.1, -0.05) is 6.08 Å². The highest BCUT2D eigenvalue weighted by Crippen LogP contribution is 2.17. The third-order valence-electron chi connectivity index (χ3n) is 1.73. The van der Waals surface area contributed by atoms with Crippen molar-refractivity contribution in [3.8, 4) is 0 Å². The van der Waals surface area contributed by atoms with Crippen molar-refractivity contribution in [2.75, 3.05) is 6.61 Å². The van der Waals surface area contributed by atoms with E-state index >= 15 is 0 Å². The van der Waals surface area contributed by atoms with Gasteiger partial charge in [-0.05, 0) is 6.08 Å². The number of hydrogen-bond acceptors (Lipinski definition) is 4. The van der Waals surface area contributed by atoms with Crippen molar-refractivity contribution in [1.29, 1.82) is 0 Å². The van der Waals surface area contributed by atoms with E-state index < -0.39 is 11.0 Å². The van der Waals surface area contributed by atoms with E-state index in [0.29, 0.717) is 5.57 Å². The molecule has 5 heteroatoms. The van der Waals surface area contributed by atoms with Gasteiger partial charge in [0.05, 0.1) is 13.0 Å². The molecular formula is C7H9NO4. The van der Waals surface area contributed by atoms with E-state index in [1.165, 1.54) is 12.2 Å². The van der Waals surface area contributed by atoms with E-state index in [0.717, 1.165) is 0 Å². The van der Waals surface area contributed by atoms with Crippen LogP contribution in [0.1, 0.15) is 6.42 Å². The summed E-state index contributed by atoms with van der Waals surface area (Å²) in [7, 11) is 0. The Kier molecular flexibility index (Phi) is 2.44. The van der Waals surface area contributed by atoms with Crippen molar-refractivity contribution in [2.45, 2.75) is 12.5 Å². The quantitative estimate of drug-likeness (QED) is 0.465. The van der Waals surface area contributed by atoms with Crippen LogP contribution >= 0.6 is 0 Å². The van der Waals surface area contributed by atoms with Crippen LogP contribution in [0.25, 0.3) is 0 Å². The monoisotopic (exact) mass is 171 g/mol. The molecule has 0 aromatic heterocycles. The van der Waals surface area contributed by atoms with Gasteiger partial charge in [0.1, 0.15) is 5.76 Å². The second kappa shape index (κ2) is 3.36. The zero-order chi connectivity index (χ0) is 9.14. The van der Waals surface area contributed by atoms with Crippen LogP contribution in [0.5, 0.6) is 0 Å². The Labute approximate surface area is 68.8 Å². The lowest BCUT2D eigenvalue weighted by Gasteiger charge is -2.11. The van der Waals surface area contributed by atoms with Gasteiger partial charge in [0.15, 0.2) is 0 Å². The van der Waals surface area contributed by atoms with E-state index in [9.17, 15) is 10.1 Å². The second-order valence-electron chi connectivity index (χ2n) is 2.55. The van der Waals surface area contributed by atoms with Crippen molar-refractivity contribution in [3.05, 3.63) is 33.6 Å². The number of nitrogens with zero attached hydrogens (tertiary/aromatic N) is 1. The van der Waals surface area contributed by atoms with Gasteiger partial charge in [0.2, 0.25) is 6.04 Å². The van der Waals surface area contributed by atoms with Crippen molar-refractivity contribution < 1.29 is 15.1 Å². The first-order chi connectivity index (χ1) is 5.65. The van der Waals surface area contributed by atoms with Gasteiger partial charge in [0, 0.05) is 10.5 Å². The minimum atomic E-state index is -0.861. The summed E-state index contributed by atoms with van der Waals surface area (Å²) in [6.07, 6.45) is 2.72. The minimum absolute atomic E-state index is 0.0284. The molecule has 0 amide bonds. The highest BCUT2D eigenvalue weighted by molar-refractivity contribution is 5.27. The lowest BCUT2D eigenvalue weighted by atomic mass is 10.0. The normalized spacial score (nSPS) is 22.9. The van der Waals surface area contributed by atoms with Crippen LogP contribution in [0, 0.1) is 10.1 Å². The van der Waals surface area contributed by atoms with Gasteiger partial charge < -0.3 is 10.2 Å². The topological polar surface area (TPSA) is 83.6 Å². The molecule has 1 unspecified atom stereocenters. The lowest BCUT2D eigenvalue weighted by Crippen LogP contribution is -2.20. The van der Waals surface area contributed by atoms with Crippen molar-refractivity contribution in [1.82, 2.24) is 0 Å². The first-order valence-electron chi connectivity index (χ1n) is 3.48. The first kappa shape index (κ1) is 8.73. The fourth-order valence-corrected chi connectivity index (χ4v) is 1.01. The van der Waals surface area contributed by atoms with E-state index in [1.807, 2.05) is 0 Å². The highest BCUT2D eigenvalue weighted by atomic mass is 16.6. The fraction of sp³-hybridized carbons (Fsp3) is 0.429. The predicted octanol–water partition coefficient (Wildman–Crippen LogP) is 0.396. The smallest absolute Gasteiger partial charge is 0.238 e. The molecule has 5 nitrogen and oxygen atoms in total. The Hall–Kier alpha value is -1.36. The third kappa shape index (κ3) is 1.62. The molecule has 0 aromatic carbocycles. The standard InChI is InChI=1S/C7H9NO4/c9-4-5-1-2-6(8(11)12)3-7(5)10/h1-2,6,9-10H,3-4H2. The molecule has 1 atom stereocenters. The molecule has 66 valence electrons. The van der Waals surface area contributed by atoms with Crippen LogP contribution in [0.3, 0.4) is 0 Å². The molecule has 0 aromatic rings. The molecule has 0 bridgehead atoms. The van der Waals surface area contributed by atoms with E-state index in [2.05, 4.69) is 0 Å². The number of aliphatic hydroxyl groups is 2. The SMILES string of the molecule is O=[N+]([O-])C1C=CC(CO)=C(O)C1. The number of hydrogen-bond donors (Lipinski definition) is 2. The molecule has 2 N–H and O–H groups in total. The Balaban J connectivity index is 2.74. The zero-order valence-corrected chi connectivity index (χ0v) is 6.30. The van der Waals surface area contributed by atoms with Crippen LogP contribution in [0.2, 0.25) is 0 Å². The minimum Gasteiger partial charge on any atom is -0.512 e. The van der Waals surface area contributed by atoms with Crippen LogP contribution in [0.15, 0.2) is 23.5 Å². The second-order valence-corrected chi connectivity index (χ2v) is 2.55.